The van der Waals surface area contributed by atoms with Crippen molar-refractivity contribution in [2.24, 2.45) is 0 Å². The largest absolute Gasteiger partial charge is 0.344 e. The molecule has 2 saturated heterocycles. The molecular formula is C21H31N4O3+. The van der Waals surface area contributed by atoms with E-state index >= 15 is 0 Å². The first-order valence-electron chi connectivity index (χ1n) is 10.3. The van der Waals surface area contributed by atoms with Gasteiger partial charge in [-0.3, -0.25) is 15.0 Å². The molecule has 7 nitrogen and oxygen atoms in total. The quantitative estimate of drug-likeness (QED) is 0.632. The van der Waals surface area contributed by atoms with Crippen LogP contribution in [0.25, 0.3) is 0 Å². The van der Waals surface area contributed by atoms with Gasteiger partial charge in [0, 0.05) is 0 Å². The number of nitrogens with one attached hydrogen (secondary N) is 3. The molecule has 1 aromatic rings. The average molecular weight is 388 g/mol. The van der Waals surface area contributed by atoms with Crippen molar-refractivity contribution in [2.45, 2.75) is 57.4 Å². The van der Waals surface area contributed by atoms with E-state index in [1.807, 2.05) is 30.3 Å². The van der Waals surface area contributed by atoms with Gasteiger partial charge in [-0.2, -0.15) is 5.01 Å². The highest BCUT2D eigenvalue weighted by molar-refractivity contribution is 6.07. The number of rotatable bonds is 6. The van der Waals surface area contributed by atoms with Crippen molar-refractivity contribution >= 4 is 17.8 Å². The lowest BCUT2D eigenvalue weighted by Gasteiger charge is -2.23. The van der Waals surface area contributed by atoms with Crippen LogP contribution in [-0.2, 0) is 16.0 Å². The Morgan fingerprint density at radius 1 is 1.11 bits per heavy atom. The van der Waals surface area contributed by atoms with Gasteiger partial charge < -0.3 is 10.2 Å². The Morgan fingerprint density at radius 2 is 1.75 bits per heavy atom. The number of imide groups is 1. The van der Waals surface area contributed by atoms with Crippen molar-refractivity contribution in [3.05, 3.63) is 35.9 Å². The van der Waals surface area contributed by atoms with E-state index in [0.29, 0.717) is 12.8 Å². The minimum absolute atomic E-state index is 0.286. The first kappa shape index (κ1) is 20.3. The lowest BCUT2D eigenvalue weighted by molar-refractivity contribution is -0.893. The zero-order valence-corrected chi connectivity index (χ0v) is 16.6. The molecule has 4 amide bonds. The van der Waals surface area contributed by atoms with E-state index in [0.717, 1.165) is 36.5 Å². The summed E-state index contributed by atoms with van der Waals surface area (Å²) in [5, 5.41) is 3.60. The Hall–Kier alpha value is -2.41. The van der Waals surface area contributed by atoms with E-state index in [2.05, 4.69) is 10.7 Å². The third kappa shape index (κ3) is 5.10. The Bertz CT molecular complexity index is 701. The first-order valence-corrected chi connectivity index (χ1v) is 10.3. The number of amides is 4. The number of hydrogen-bond acceptors (Lipinski definition) is 3. The topological polar surface area (TPSA) is 83.0 Å². The summed E-state index contributed by atoms with van der Waals surface area (Å²) in [5.74, 6) is -0.684. The number of carbonyl (C=O) groups excluding carboxylic acids is 3. The number of hydrazine groups is 1. The molecule has 0 saturated carbocycles. The zero-order valence-electron chi connectivity index (χ0n) is 16.6. The van der Waals surface area contributed by atoms with Gasteiger partial charge in [0.2, 0.25) is 0 Å². The van der Waals surface area contributed by atoms with Crippen LogP contribution in [-0.4, -0.2) is 48.0 Å². The number of quaternary nitrogens is 1. The molecule has 2 heterocycles. The fourth-order valence-corrected chi connectivity index (χ4v) is 3.97. The Labute approximate surface area is 166 Å². The molecule has 1 atom stereocenters. The molecule has 2 fully saturated rings. The zero-order chi connectivity index (χ0) is 20.0. The fourth-order valence-electron chi connectivity index (χ4n) is 3.97. The molecule has 0 spiro atoms. The number of hydrogen-bond donors (Lipinski definition) is 3. The van der Waals surface area contributed by atoms with Gasteiger partial charge >= 0.3 is 6.03 Å². The third-order valence-electron chi connectivity index (χ3n) is 5.73. The van der Waals surface area contributed by atoms with Gasteiger partial charge in [0.05, 0.1) is 13.1 Å². The molecular weight excluding hydrogens is 356 g/mol. The number of urea groups is 1. The summed E-state index contributed by atoms with van der Waals surface area (Å²) in [6.45, 7) is 3.92. The summed E-state index contributed by atoms with van der Waals surface area (Å²) in [6, 6.07) is 9.28. The summed E-state index contributed by atoms with van der Waals surface area (Å²) in [6.07, 6.45) is 7.06. The van der Waals surface area contributed by atoms with Gasteiger partial charge in [0.15, 0.2) is 6.54 Å². The maximum Gasteiger partial charge on any atom is 0.344 e. The van der Waals surface area contributed by atoms with Crippen molar-refractivity contribution in [3.8, 4) is 0 Å². The Kier molecular flexibility index (Phi) is 6.67. The monoisotopic (exact) mass is 387 g/mol. The molecule has 3 N–H and O–H groups in total. The molecule has 0 aliphatic carbocycles. The van der Waals surface area contributed by atoms with Crippen molar-refractivity contribution in [1.82, 2.24) is 15.8 Å². The summed E-state index contributed by atoms with van der Waals surface area (Å²) < 4.78 is 0. The normalized spacial score (nSPS) is 23.8. The van der Waals surface area contributed by atoms with Gasteiger partial charge in [-0.05, 0) is 51.0 Å². The average Bonchev–Trinajstić information content (AvgIpc) is 2.87. The molecule has 0 radical (unpaired) electrons. The molecule has 2 aliphatic rings. The number of benzene rings is 1. The number of carbonyl (C=O) groups is 3. The molecule has 1 aromatic carbocycles. The van der Waals surface area contributed by atoms with E-state index in [1.165, 1.54) is 24.2 Å². The van der Waals surface area contributed by atoms with Crippen molar-refractivity contribution in [3.63, 3.8) is 0 Å². The minimum atomic E-state index is -1.01. The van der Waals surface area contributed by atoms with Crippen LogP contribution in [0.4, 0.5) is 4.79 Å². The van der Waals surface area contributed by atoms with Crippen LogP contribution in [0.5, 0.6) is 0 Å². The molecule has 0 aromatic heterocycles. The minimum Gasteiger partial charge on any atom is -0.327 e. The number of likely N-dealkylation sites (tertiary alicyclic amines) is 1. The molecule has 0 unspecified atom stereocenters. The fraction of sp³-hybridized carbons (Fsp3) is 0.571. The van der Waals surface area contributed by atoms with Gasteiger partial charge in [0.25, 0.3) is 11.8 Å². The van der Waals surface area contributed by atoms with E-state index in [1.54, 1.807) is 6.92 Å². The Balaban J connectivity index is 1.54. The molecule has 152 valence electrons. The maximum absolute atomic E-state index is 12.8. The highest BCUT2D eigenvalue weighted by atomic mass is 16.2. The molecule has 0 bridgehead atoms. The van der Waals surface area contributed by atoms with Gasteiger partial charge in [-0.25, -0.2) is 4.79 Å². The smallest absolute Gasteiger partial charge is 0.327 e. The molecule has 28 heavy (non-hydrogen) atoms. The highest BCUT2D eigenvalue weighted by Gasteiger charge is 2.48. The van der Waals surface area contributed by atoms with Crippen molar-refractivity contribution < 1.29 is 19.3 Å². The predicted molar refractivity (Wildman–Crippen MR) is 105 cm³/mol. The standard InChI is InChI=1S/C21H30N4O3/c1-21(13-12-17-10-6-5-7-11-17)19(27)25(20(28)22-21)23-18(26)16-24-14-8-3-2-4-9-15-24/h5-7,10-11H,2-4,8-9,12-16H2,1H3,(H,22,28)(H,23,26)/p+1/t21-/m0/s1. The summed E-state index contributed by atoms with van der Waals surface area (Å²) in [5.41, 5.74) is 2.63. The van der Waals surface area contributed by atoms with Gasteiger partial charge in [-0.1, -0.05) is 36.8 Å². The van der Waals surface area contributed by atoms with E-state index in [4.69, 9.17) is 0 Å². The first-order chi connectivity index (χ1) is 13.5. The van der Waals surface area contributed by atoms with Crippen LogP contribution < -0.4 is 15.6 Å². The van der Waals surface area contributed by atoms with Crippen LogP contribution in [0, 0.1) is 0 Å². The lowest BCUT2D eigenvalue weighted by atomic mass is 9.93. The van der Waals surface area contributed by atoms with Crippen LogP contribution in [0.15, 0.2) is 30.3 Å². The van der Waals surface area contributed by atoms with Crippen LogP contribution in [0.2, 0.25) is 0 Å². The third-order valence-corrected chi connectivity index (χ3v) is 5.73. The van der Waals surface area contributed by atoms with Crippen LogP contribution in [0.3, 0.4) is 0 Å². The van der Waals surface area contributed by atoms with Crippen molar-refractivity contribution in [2.75, 3.05) is 19.6 Å². The number of aryl methyl sites for hydroxylation is 1. The molecule has 2 aliphatic heterocycles. The number of nitrogens with zero attached hydrogens (tertiary/aromatic N) is 1. The van der Waals surface area contributed by atoms with Gasteiger partial charge in [-0.15, -0.1) is 0 Å². The van der Waals surface area contributed by atoms with E-state index in [-0.39, 0.29) is 12.5 Å². The van der Waals surface area contributed by atoms with Crippen LogP contribution in [0.1, 0.15) is 51.0 Å². The highest BCUT2D eigenvalue weighted by Crippen LogP contribution is 2.22. The second-order valence-electron chi connectivity index (χ2n) is 8.12. The lowest BCUT2D eigenvalue weighted by Crippen LogP contribution is -3.13. The summed E-state index contributed by atoms with van der Waals surface area (Å²) >= 11 is 0. The summed E-state index contributed by atoms with van der Waals surface area (Å²) in [4.78, 5) is 38.8. The SMILES string of the molecule is C[C@@]1(CCc2ccccc2)NC(=O)N(NC(=O)C[NH+]2CCCCCCC2)C1=O. The van der Waals surface area contributed by atoms with E-state index < -0.39 is 17.5 Å². The summed E-state index contributed by atoms with van der Waals surface area (Å²) in [7, 11) is 0. The predicted octanol–water partition coefficient (Wildman–Crippen LogP) is 0.810. The second kappa shape index (κ2) is 9.19. The maximum atomic E-state index is 12.8. The molecule has 7 heteroatoms. The van der Waals surface area contributed by atoms with E-state index in [9.17, 15) is 14.4 Å². The van der Waals surface area contributed by atoms with Gasteiger partial charge in [0.1, 0.15) is 5.54 Å². The Morgan fingerprint density at radius 3 is 2.43 bits per heavy atom. The van der Waals surface area contributed by atoms with Crippen LogP contribution >= 0.6 is 0 Å². The molecule has 3 rings (SSSR count). The van der Waals surface area contributed by atoms with Crippen molar-refractivity contribution in [1.29, 1.82) is 0 Å². The second-order valence-corrected chi connectivity index (χ2v) is 8.12.